The van der Waals surface area contributed by atoms with Crippen molar-refractivity contribution in [3.05, 3.63) is 4.88 Å². The minimum absolute atomic E-state index is 0.0161. The number of nitrogens with one attached hydrogen (secondary N) is 3. The van der Waals surface area contributed by atoms with Gasteiger partial charge < -0.3 is 26.4 Å². The Morgan fingerprint density at radius 3 is 3.10 bits per heavy atom. The second-order valence-electron chi connectivity index (χ2n) is 4.67. The first-order chi connectivity index (χ1) is 10.1. The van der Waals surface area contributed by atoms with E-state index in [4.69, 9.17) is 10.5 Å². The van der Waals surface area contributed by atoms with Crippen molar-refractivity contribution < 1.29 is 14.3 Å². The Bertz CT molecular complexity index is 509. The van der Waals surface area contributed by atoms with E-state index in [1.807, 2.05) is 0 Å². The van der Waals surface area contributed by atoms with Crippen molar-refractivity contribution in [2.24, 2.45) is 0 Å². The zero-order chi connectivity index (χ0) is 15.2. The molecule has 0 radical (unpaired) electrons. The molecular formula is C12H19N5O3S. The maximum Gasteiger partial charge on any atom is 0.265 e. The number of thiazole rings is 1. The van der Waals surface area contributed by atoms with Crippen molar-refractivity contribution in [3.8, 4) is 0 Å². The molecule has 5 N–H and O–H groups in total. The molecule has 9 heteroatoms. The predicted molar refractivity (Wildman–Crippen MR) is 80.4 cm³/mol. The topological polar surface area (TPSA) is 118 Å². The molecule has 1 aromatic heterocycles. The fourth-order valence-electron chi connectivity index (χ4n) is 1.94. The van der Waals surface area contributed by atoms with Crippen molar-refractivity contribution in [2.45, 2.75) is 18.9 Å². The van der Waals surface area contributed by atoms with Crippen molar-refractivity contribution in [2.75, 3.05) is 37.9 Å². The van der Waals surface area contributed by atoms with Crippen LogP contribution in [0.25, 0.3) is 0 Å². The molecule has 1 fully saturated rings. The average Bonchev–Trinajstić information content (AvgIpc) is 2.83. The first-order valence-electron chi connectivity index (χ1n) is 6.67. The van der Waals surface area contributed by atoms with Gasteiger partial charge in [-0.3, -0.25) is 9.59 Å². The van der Waals surface area contributed by atoms with E-state index >= 15 is 0 Å². The van der Waals surface area contributed by atoms with E-state index in [9.17, 15) is 9.59 Å². The molecule has 1 aliphatic heterocycles. The predicted octanol–water partition coefficient (Wildman–Crippen LogP) is -0.208. The molecule has 0 aliphatic carbocycles. The van der Waals surface area contributed by atoms with Gasteiger partial charge in [0.15, 0.2) is 5.13 Å². The molecule has 116 valence electrons. The highest BCUT2D eigenvalue weighted by atomic mass is 32.1. The molecule has 0 bridgehead atoms. The van der Waals surface area contributed by atoms with Crippen LogP contribution in [0.3, 0.4) is 0 Å². The maximum absolute atomic E-state index is 12.2. The highest BCUT2D eigenvalue weighted by Crippen LogP contribution is 2.24. The van der Waals surface area contributed by atoms with Gasteiger partial charge in [0, 0.05) is 32.7 Å². The fraction of sp³-hybridized carbons (Fsp3) is 0.583. The molecule has 8 nitrogen and oxygen atoms in total. The van der Waals surface area contributed by atoms with E-state index in [2.05, 4.69) is 20.9 Å². The van der Waals surface area contributed by atoms with Crippen LogP contribution >= 0.6 is 11.3 Å². The van der Waals surface area contributed by atoms with Crippen LogP contribution in [0.1, 0.15) is 22.5 Å². The maximum atomic E-state index is 12.2. The zero-order valence-electron chi connectivity index (χ0n) is 11.8. The summed E-state index contributed by atoms with van der Waals surface area (Å²) < 4.78 is 4.93. The van der Waals surface area contributed by atoms with E-state index in [0.29, 0.717) is 42.5 Å². The van der Waals surface area contributed by atoms with Crippen LogP contribution in [-0.2, 0) is 9.53 Å². The van der Waals surface area contributed by atoms with Crippen LogP contribution in [-0.4, -0.2) is 49.6 Å². The standard InChI is InChI=1S/C12H19N5O3S/c1-20-5-4-14-12-17-10(13)9(21-12)11(19)16-7-2-3-8(18)15-6-7/h7H,2-6,13H2,1H3,(H,14,17)(H,15,18)(H,16,19). The number of hydrogen-bond donors (Lipinski definition) is 4. The van der Waals surface area contributed by atoms with Gasteiger partial charge in [-0.1, -0.05) is 11.3 Å². The van der Waals surface area contributed by atoms with E-state index in [-0.39, 0.29) is 23.7 Å². The summed E-state index contributed by atoms with van der Waals surface area (Å²) in [7, 11) is 1.61. The Kier molecular flexibility index (Phi) is 5.34. The summed E-state index contributed by atoms with van der Waals surface area (Å²) >= 11 is 1.21. The number of ether oxygens (including phenoxy) is 1. The van der Waals surface area contributed by atoms with Gasteiger partial charge in [0.25, 0.3) is 5.91 Å². The van der Waals surface area contributed by atoms with Crippen LogP contribution in [0.4, 0.5) is 10.9 Å². The van der Waals surface area contributed by atoms with E-state index < -0.39 is 0 Å². The molecule has 1 aliphatic rings. The lowest BCUT2D eigenvalue weighted by Gasteiger charge is -2.23. The molecule has 1 unspecified atom stereocenters. The Morgan fingerprint density at radius 1 is 1.62 bits per heavy atom. The minimum Gasteiger partial charge on any atom is -0.383 e. The number of piperidine rings is 1. The first kappa shape index (κ1) is 15.5. The number of carbonyl (C=O) groups excluding carboxylic acids is 2. The molecule has 1 aromatic rings. The van der Waals surface area contributed by atoms with Crippen LogP contribution in [0.5, 0.6) is 0 Å². The third kappa shape index (κ3) is 4.30. The molecule has 0 saturated carbocycles. The molecular weight excluding hydrogens is 294 g/mol. The Hall–Kier alpha value is -1.87. The lowest BCUT2D eigenvalue weighted by atomic mass is 10.1. The van der Waals surface area contributed by atoms with Crippen molar-refractivity contribution in [1.82, 2.24) is 15.6 Å². The molecule has 0 aromatic carbocycles. The largest absolute Gasteiger partial charge is 0.383 e. The number of carbonyl (C=O) groups is 2. The van der Waals surface area contributed by atoms with Gasteiger partial charge in [-0.25, -0.2) is 4.98 Å². The number of nitrogen functional groups attached to an aromatic ring is 1. The van der Waals surface area contributed by atoms with Gasteiger partial charge in [0.05, 0.1) is 6.61 Å². The molecule has 2 amide bonds. The fourth-order valence-corrected chi connectivity index (χ4v) is 2.75. The monoisotopic (exact) mass is 313 g/mol. The molecule has 21 heavy (non-hydrogen) atoms. The third-order valence-corrected chi connectivity index (χ3v) is 4.07. The summed E-state index contributed by atoms with van der Waals surface area (Å²) in [5.74, 6) is -0.0364. The number of aromatic nitrogens is 1. The first-order valence-corrected chi connectivity index (χ1v) is 7.48. The Balaban J connectivity index is 1.91. The highest BCUT2D eigenvalue weighted by molar-refractivity contribution is 7.18. The summed E-state index contributed by atoms with van der Waals surface area (Å²) in [4.78, 5) is 27.7. The summed E-state index contributed by atoms with van der Waals surface area (Å²) in [6.45, 7) is 1.59. The van der Waals surface area contributed by atoms with Crippen LogP contribution in [0.2, 0.25) is 0 Å². The lowest BCUT2D eigenvalue weighted by molar-refractivity contribution is -0.122. The van der Waals surface area contributed by atoms with Gasteiger partial charge in [-0.15, -0.1) is 0 Å². The van der Waals surface area contributed by atoms with Crippen molar-refractivity contribution in [3.63, 3.8) is 0 Å². The summed E-state index contributed by atoms with van der Waals surface area (Å²) in [5, 5.41) is 9.21. The SMILES string of the molecule is COCCNc1nc(N)c(C(=O)NC2CCC(=O)NC2)s1. The van der Waals surface area contributed by atoms with E-state index in [1.165, 1.54) is 11.3 Å². The van der Waals surface area contributed by atoms with Crippen LogP contribution in [0.15, 0.2) is 0 Å². The Morgan fingerprint density at radius 2 is 2.43 bits per heavy atom. The van der Waals surface area contributed by atoms with Gasteiger partial charge in [-0.2, -0.15) is 0 Å². The number of amides is 2. The number of rotatable bonds is 6. The van der Waals surface area contributed by atoms with Crippen molar-refractivity contribution >= 4 is 34.1 Å². The van der Waals surface area contributed by atoms with Gasteiger partial charge in [0.2, 0.25) is 5.91 Å². The minimum atomic E-state index is -0.258. The number of nitrogens with two attached hydrogens (primary N) is 1. The smallest absolute Gasteiger partial charge is 0.265 e. The average molecular weight is 313 g/mol. The van der Waals surface area contributed by atoms with Gasteiger partial charge in [-0.05, 0) is 6.42 Å². The summed E-state index contributed by atoms with van der Waals surface area (Å²) in [5.41, 5.74) is 5.77. The number of hydrogen-bond acceptors (Lipinski definition) is 7. The number of methoxy groups -OCH3 is 1. The van der Waals surface area contributed by atoms with Gasteiger partial charge in [0.1, 0.15) is 10.7 Å². The van der Waals surface area contributed by atoms with Crippen LogP contribution < -0.4 is 21.7 Å². The molecule has 2 heterocycles. The third-order valence-electron chi connectivity index (χ3n) is 3.04. The number of anilines is 2. The van der Waals surface area contributed by atoms with E-state index in [1.54, 1.807) is 7.11 Å². The summed E-state index contributed by atoms with van der Waals surface area (Å²) in [6, 6.07) is -0.0680. The lowest BCUT2D eigenvalue weighted by Crippen LogP contribution is -2.47. The normalized spacial score (nSPS) is 18.1. The van der Waals surface area contributed by atoms with E-state index in [0.717, 1.165) is 0 Å². The van der Waals surface area contributed by atoms with Crippen LogP contribution in [0, 0.1) is 0 Å². The van der Waals surface area contributed by atoms with Gasteiger partial charge >= 0.3 is 0 Å². The van der Waals surface area contributed by atoms with Crippen molar-refractivity contribution in [1.29, 1.82) is 0 Å². The quantitative estimate of drug-likeness (QED) is 0.540. The Labute approximate surface area is 126 Å². The highest BCUT2D eigenvalue weighted by Gasteiger charge is 2.23. The summed E-state index contributed by atoms with van der Waals surface area (Å²) in [6.07, 6.45) is 1.06. The second kappa shape index (κ2) is 7.23. The zero-order valence-corrected chi connectivity index (χ0v) is 12.6. The molecule has 1 atom stereocenters. The number of nitrogens with zero attached hydrogens (tertiary/aromatic N) is 1. The second-order valence-corrected chi connectivity index (χ2v) is 5.67. The molecule has 0 spiro atoms. The molecule has 1 saturated heterocycles. The molecule has 2 rings (SSSR count).